The maximum Gasteiger partial charge on any atom is 0.280 e. The number of benzene rings is 1. The summed E-state index contributed by atoms with van der Waals surface area (Å²) < 4.78 is 36.0. The molecular weight excluding hydrogens is 659 g/mol. The smallest absolute Gasteiger partial charge is 0.280 e. The van der Waals surface area contributed by atoms with E-state index in [0.29, 0.717) is 49.3 Å². The second-order valence-corrected chi connectivity index (χ2v) is 16.0. The van der Waals surface area contributed by atoms with Crippen molar-refractivity contribution in [3.05, 3.63) is 60.4 Å². The van der Waals surface area contributed by atoms with Crippen molar-refractivity contribution < 1.29 is 27.9 Å². The van der Waals surface area contributed by atoms with E-state index in [1.54, 1.807) is 6.20 Å². The highest BCUT2D eigenvalue weighted by atomic mass is 32.2. The number of aliphatic hydroxyl groups is 1. The van der Waals surface area contributed by atoms with Crippen LogP contribution in [0.25, 0.3) is 11.0 Å². The van der Waals surface area contributed by atoms with E-state index in [-0.39, 0.29) is 46.8 Å². The number of H-pyrrole nitrogens is 1. The van der Waals surface area contributed by atoms with E-state index >= 15 is 0 Å². The van der Waals surface area contributed by atoms with E-state index in [2.05, 4.69) is 36.5 Å². The first kappa shape index (κ1) is 37.4. The molecule has 0 atom stereocenters. The number of hydrogen-bond donors (Lipinski definition) is 4. The Labute approximate surface area is 294 Å². The summed E-state index contributed by atoms with van der Waals surface area (Å²) in [6.45, 7) is 14.3. The van der Waals surface area contributed by atoms with E-state index in [1.807, 2.05) is 38.3 Å². The second kappa shape index (κ2) is 16.0. The van der Waals surface area contributed by atoms with Gasteiger partial charge in [0.15, 0.2) is 0 Å². The van der Waals surface area contributed by atoms with Gasteiger partial charge in [-0.1, -0.05) is 12.1 Å². The summed E-state index contributed by atoms with van der Waals surface area (Å²) in [5.41, 5.74) is 1.21. The first-order valence-electron chi connectivity index (χ1n) is 17.5. The van der Waals surface area contributed by atoms with Gasteiger partial charge >= 0.3 is 0 Å². The van der Waals surface area contributed by atoms with Gasteiger partial charge in [-0.2, -0.15) is 4.99 Å². The lowest BCUT2D eigenvalue weighted by atomic mass is 9.83. The number of imidazole rings is 1. The molecule has 1 aliphatic carbocycles. The largest absolute Gasteiger partial charge is 0.476 e. The molecule has 1 saturated carbocycles. The molecule has 5 rings (SSSR count). The third-order valence-electron chi connectivity index (χ3n) is 9.72. The fourth-order valence-corrected chi connectivity index (χ4v) is 7.94. The van der Waals surface area contributed by atoms with E-state index in [1.165, 1.54) is 30.3 Å². The Hall–Kier alpha value is -3.85. The number of carbonyl (C=O) groups is 2. The number of pyridine rings is 1. The van der Waals surface area contributed by atoms with Crippen LogP contribution >= 0.6 is 0 Å². The summed E-state index contributed by atoms with van der Waals surface area (Å²) in [6, 6.07) is 7.64. The molecule has 2 fully saturated rings. The van der Waals surface area contributed by atoms with Gasteiger partial charge in [-0.15, -0.1) is 6.58 Å². The van der Waals surface area contributed by atoms with Gasteiger partial charge in [-0.3, -0.25) is 14.5 Å². The topological polar surface area (TPSA) is 171 Å². The Morgan fingerprint density at radius 1 is 1.16 bits per heavy atom. The van der Waals surface area contributed by atoms with Crippen LogP contribution in [0, 0.1) is 11.8 Å². The van der Waals surface area contributed by atoms with E-state index in [0.717, 1.165) is 38.0 Å². The minimum absolute atomic E-state index is 0.0458. The van der Waals surface area contributed by atoms with Crippen molar-refractivity contribution >= 4 is 32.9 Å². The highest BCUT2D eigenvalue weighted by Crippen LogP contribution is 2.34. The molecule has 1 aromatic carbocycles. The van der Waals surface area contributed by atoms with E-state index < -0.39 is 21.5 Å². The summed E-state index contributed by atoms with van der Waals surface area (Å²) in [7, 11) is -3.84. The lowest BCUT2D eigenvalue weighted by Gasteiger charge is -2.37. The van der Waals surface area contributed by atoms with Crippen molar-refractivity contribution in [2.45, 2.75) is 88.8 Å². The van der Waals surface area contributed by atoms with Gasteiger partial charge in [0.2, 0.25) is 27.4 Å². The van der Waals surface area contributed by atoms with Gasteiger partial charge in [-0.25, -0.2) is 18.1 Å². The number of carbonyl (C=O) groups excluding carboxylic acids is 2. The van der Waals surface area contributed by atoms with Gasteiger partial charge in [0, 0.05) is 42.7 Å². The molecule has 2 amide bonds. The lowest BCUT2D eigenvalue weighted by molar-refractivity contribution is -0.126. The average molecular weight is 710 g/mol. The van der Waals surface area contributed by atoms with Crippen molar-refractivity contribution in [3.8, 4) is 5.88 Å². The predicted octanol–water partition coefficient (Wildman–Crippen LogP) is 3.69. The fourth-order valence-electron chi connectivity index (χ4n) is 6.90. The normalized spacial score (nSPS) is 19.9. The molecule has 1 saturated heterocycles. The summed E-state index contributed by atoms with van der Waals surface area (Å²) in [5, 5.41) is 13.4. The summed E-state index contributed by atoms with van der Waals surface area (Å²) in [5.74, 6) is 0.104. The van der Waals surface area contributed by atoms with Crippen LogP contribution in [0.1, 0.15) is 82.6 Å². The van der Waals surface area contributed by atoms with Gasteiger partial charge < -0.3 is 24.7 Å². The summed E-state index contributed by atoms with van der Waals surface area (Å²) in [6.07, 6.45) is 7.76. The van der Waals surface area contributed by atoms with Crippen LogP contribution in [-0.4, -0.2) is 89.2 Å². The summed E-state index contributed by atoms with van der Waals surface area (Å²) >= 11 is 0. The van der Waals surface area contributed by atoms with Crippen LogP contribution < -0.4 is 20.4 Å². The number of amides is 2. The van der Waals surface area contributed by atoms with Gasteiger partial charge in [0.05, 0.1) is 27.7 Å². The number of nitrogens with zero attached hydrogens (tertiary/aromatic N) is 4. The Morgan fingerprint density at radius 2 is 1.88 bits per heavy atom. The molecule has 14 heteroatoms. The zero-order valence-electron chi connectivity index (χ0n) is 29.5. The number of rotatable bonds is 13. The number of fused-ring (bicyclic) bond motifs is 1. The molecule has 3 heterocycles. The van der Waals surface area contributed by atoms with Gasteiger partial charge in [-0.05, 0) is 103 Å². The molecule has 4 N–H and O–H groups in total. The highest BCUT2D eigenvalue weighted by Gasteiger charge is 2.31. The molecule has 3 aromatic rings. The number of sulfonamides is 1. The molecule has 0 radical (unpaired) electrons. The van der Waals surface area contributed by atoms with Crippen molar-refractivity contribution in [2.75, 3.05) is 32.8 Å². The number of ether oxygens (including phenoxy) is 1. The van der Waals surface area contributed by atoms with Crippen molar-refractivity contribution in [1.29, 1.82) is 0 Å². The Bertz CT molecular complexity index is 1840. The lowest BCUT2D eigenvalue weighted by Crippen LogP contribution is -2.43. The van der Waals surface area contributed by atoms with Crippen LogP contribution in [0.15, 0.2) is 59.1 Å². The van der Waals surface area contributed by atoms with E-state index in [4.69, 9.17) is 4.74 Å². The standard InChI is InChI=1S/C36H51N7O6S/c1-6-16-38-50(47,48)29-9-7-8-26(21-29)34(45)41-35-40-30-23-37-32(49-20-19-42-17-14-27(15-18-42)36(4,5)46)22-31(30)43(35)28-12-10-25(11-13-28)33(44)39-24(2)3/h6-9,21-25,27-28,38,46H,1,10-20H2,2-5H3,(H,39,44)(H,40,41,45)/t25-,28-. The first-order valence-corrected chi connectivity index (χ1v) is 19.0. The maximum atomic E-state index is 13.6. The van der Waals surface area contributed by atoms with Crippen LogP contribution in [0.5, 0.6) is 5.88 Å². The van der Waals surface area contributed by atoms with Crippen molar-refractivity contribution in [1.82, 2.24) is 29.5 Å². The number of likely N-dealkylation sites (tertiary alicyclic amines) is 1. The minimum Gasteiger partial charge on any atom is -0.476 e. The zero-order valence-corrected chi connectivity index (χ0v) is 30.3. The summed E-state index contributed by atoms with van der Waals surface area (Å²) in [4.78, 5) is 40.9. The van der Waals surface area contributed by atoms with Gasteiger partial charge in [0.1, 0.15) is 6.61 Å². The molecule has 2 aromatic heterocycles. The predicted molar refractivity (Wildman–Crippen MR) is 191 cm³/mol. The molecule has 0 unspecified atom stereocenters. The molecule has 2 aliphatic rings. The zero-order chi connectivity index (χ0) is 36.1. The second-order valence-electron chi connectivity index (χ2n) is 14.2. The fraction of sp³-hybridized carbons (Fsp3) is 0.556. The van der Waals surface area contributed by atoms with Crippen LogP contribution in [-0.2, 0) is 14.8 Å². The van der Waals surface area contributed by atoms with Gasteiger partial charge in [0.25, 0.3) is 5.91 Å². The Balaban J connectivity index is 1.40. The number of aromatic amines is 1. The third-order valence-corrected chi connectivity index (χ3v) is 11.1. The Kier molecular flexibility index (Phi) is 12.0. The quantitative estimate of drug-likeness (QED) is 0.195. The van der Waals surface area contributed by atoms with Crippen LogP contribution in [0.4, 0.5) is 0 Å². The molecule has 0 spiro atoms. The first-order chi connectivity index (χ1) is 23.7. The molecule has 272 valence electrons. The molecule has 13 nitrogen and oxygen atoms in total. The maximum absolute atomic E-state index is 13.6. The molecule has 50 heavy (non-hydrogen) atoms. The Morgan fingerprint density at radius 3 is 2.54 bits per heavy atom. The number of piperidine rings is 1. The molecule has 1 aliphatic heterocycles. The van der Waals surface area contributed by atoms with Crippen LogP contribution in [0.2, 0.25) is 0 Å². The van der Waals surface area contributed by atoms with E-state index in [9.17, 15) is 23.1 Å². The highest BCUT2D eigenvalue weighted by molar-refractivity contribution is 7.89. The van der Waals surface area contributed by atoms with Crippen LogP contribution in [0.3, 0.4) is 0 Å². The SMILES string of the molecule is C=CCNS(=O)(=O)c1cccc(C(=O)/N=c2\[nH]c3cnc(OCCN4CCC(C(C)(C)O)CC4)cc3n2[C@H]2CC[C@H](C(=O)NC(C)C)CC2)c1. The minimum atomic E-state index is -3.84. The average Bonchev–Trinajstić information content (AvgIpc) is 3.44. The third kappa shape index (κ3) is 9.27. The van der Waals surface area contributed by atoms with Crippen molar-refractivity contribution in [2.24, 2.45) is 16.8 Å². The number of nitrogens with one attached hydrogen (secondary N) is 3. The number of aromatic nitrogens is 3. The molecular formula is C36H51N7O6S. The monoisotopic (exact) mass is 709 g/mol. The number of hydrogen-bond acceptors (Lipinski definition) is 8. The molecule has 0 bridgehead atoms. The van der Waals surface area contributed by atoms with Crippen molar-refractivity contribution in [3.63, 3.8) is 0 Å².